The van der Waals surface area contributed by atoms with Crippen LogP contribution in [0.2, 0.25) is 0 Å². The summed E-state index contributed by atoms with van der Waals surface area (Å²) in [7, 11) is 0. The van der Waals surface area contributed by atoms with Crippen molar-refractivity contribution in [1.82, 2.24) is 10.1 Å². The highest BCUT2D eigenvalue weighted by Gasteiger charge is 2.31. The van der Waals surface area contributed by atoms with E-state index in [1.54, 1.807) is 0 Å². The summed E-state index contributed by atoms with van der Waals surface area (Å²) < 4.78 is 5.32. The molecule has 2 N–H and O–H groups in total. The Morgan fingerprint density at radius 3 is 1.89 bits per heavy atom. The van der Waals surface area contributed by atoms with Gasteiger partial charge in [0.2, 0.25) is 5.89 Å². The molecule has 4 heteroatoms. The van der Waals surface area contributed by atoms with Crippen molar-refractivity contribution in [3.05, 3.63) is 11.7 Å². The zero-order chi connectivity index (χ0) is 14.1. The molecular formula is C14H27N3O. The monoisotopic (exact) mass is 253 g/mol. The fourth-order valence-electron chi connectivity index (χ4n) is 2.45. The number of aromatic nitrogens is 2. The van der Waals surface area contributed by atoms with Gasteiger partial charge in [0.1, 0.15) is 0 Å². The molecule has 18 heavy (non-hydrogen) atoms. The molecule has 0 spiro atoms. The molecule has 1 aromatic heterocycles. The Kier molecular flexibility index (Phi) is 4.54. The molecule has 0 bridgehead atoms. The van der Waals surface area contributed by atoms with E-state index in [0.717, 1.165) is 0 Å². The molecule has 0 aromatic carbocycles. The average molecular weight is 253 g/mol. The highest BCUT2D eigenvalue weighted by Crippen LogP contribution is 2.32. The Morgan fingerprint density at radius 2 is 1.56 bits per heavy atom. The van der Waals surface area contributed by atoms with E-state index in [1.165, 1.54) is 0 Å². The van der Waals surface area contributed by atoms with E-state index in [0.29, 0.717) is 29.5 Å². The van der Waals surface area contributed by atoms with E-state index >= 15 is 0 Å². The van der Waals surface area contributed by atoms with E-state index in [2.05, 4.69) is 58.6 Å². The third-order valence-electron chi connectivity index (χ3n) is 3.34. The van der Waals surface area contributed by atoms with Gasteiger partial charge in [0.25, 0.3) is 0 Å². The molecule has 1 unspecified atom stereocenters. The second-order valence-corrected chi connectivity index (χ2v) is 6.80. The summed E-state index contributed by atoms with van der Waals surface area (Å²) in [5.41, 5.74) is 6.18. The minimum absolute atomic E-state index is 0.129. The molecule has 0 saturated heterocycles. The molecule has 0 amide bonds. The summed E-state index contributed by atoms with van der Waals surface area (Å²) >= 11 is 0. The zero-order valence-electron chi connectivity index (χ0n) is 12.7. The first-order chi connectivity index (χ1) is 8.14. The summed E-state index contributed by atoms with van der Waals surface area (Å²) in [6, 6.07) is -0.162. The highest BCUT2D eigenvalue weighted by atomic mass is 16.5. The van der Waals surface area contributed by atoms with Crippen LogP contribution in [-0.4, -0.2) is 10.1 Å². The molecule has 4 nitrogen and oxygen atoms in total. The van der Waals surface area contributed by atoms with Crippen molar-refractivity contribution < 1.29 is 4.52 Å². The van der Waals surface area contributed by atoms with E-state index in [9.17, 15) is 0 Å². The standard InChI is InChI=1S/C14H27N3O/c1-8(2)10(9(3)4)11(15)12-16-13(18-17-12)14(5,6)7/h8-11H,15H2,1-7H3. The van der Waals surface area contributed by atoms with Crippen LogP contribution >= 0.6 is 0 Å². The first-order valence-electron chi connectivity index (χ1n) is 6.74. The van der Waals surface area contributed by atoms with Crippen LogP contribution in [0.5, 0.6) is 0 Å². The number of nitrogens with two attached hydrogens (primary N) is 1. The second-order valence-electron chi connectivity index (χ2n) is 6.80. The Bertz CT molecular complexity index is 369. The number of nitrogens with zero attached hydrogens (tertiary/aromatic N) is 2. The third-order valence-corrected chi connectivity index (χ3v) is 3.34. The lowest BCUT2D eigenvalue weighted by atomic mass is 9.80. The molecular weight excluding hydrogens is 226 g/mol. The number of rotatable bonds is 4. The van der Waals surface area contributed by atoms with Gasteiger partial charge in [-0.3, -0.25) is 0 Å². The summed E-state index contributed by atoms with van der Waals surface area (Å²) in [4.78, 5) is 4.46. The van der Waals surface area contributed by atoms with Crippen molar-refractivity contribution in [3.8, 4) is 0 Å². The Labute approximate surface area is 110 Å². The first-order valence-corrected chi connectivity index (χ1v) is 6.74. The summed E-state index contributed by atoms with van der Waals surface area (Å²) in [6.07, 6.45) is 0. The Morgan fingerprint density at radius 1 is 1.06 bits per heavy atom. The quantitative estimate of drug-likeness (QED) is 0.894. The van der Waals surface area contributed by atoms with Crippen LogP contribution in [0, 0.1) is 17.8 Å². The molecule has 0 saturated carbocycles. The fourth-order valence-corrected chi connectivity index (χ4v) is 2.45. The predicted octanol–water partition coefficient (Wildman–Crippen LogP) is 3.30. The van der Waals surface area contributed by atoms with Crippen LogP contribution in [0.4, 0.5) is 0 Å². The van der Waals surface area contributed by atoms with Crippen molar-refractivity contribution in [2.45, 2.75) is 59.9 Å². The third kappa shape index (κ3) is 3.31. The molecule has 0 radical (unpaired) electrons. The van der Waals surface area contributed by atoms with Crippen molar-refractivity contribution >= 4 is 0 Å². The molecule has 1 atom stereocenters. The van der Waals surface area contributed by atoms with Gasteiger partial charge < -0.3 is 10.3 Å². The normalized spacial score (nSPS) is 14.8. The lowest BCUT2D eigenvalue weighted by molar-refractivity contribution is 0.229. The topological polar surface area (TPSA) is 64.9 Å². The number of hydrogen-bond acceptors (Lipinski definition) is 4. The van der Waals surface area contributed by atoms with Gasteiger partial charge in [-0.15, -0.1) is 0 Å². The maximum Gasteiger partial charge on any atom is 0.232 e. The van der Waals surface area contributed by atoms with Crippen LogP contribution in [0.15, 0.2) is 4.52 Å². The summed E-state index contributed by atoms with van der Waals surface area (Å²) in [6.45, 7) is 14.9. The largest absolute Gasteiger partial charge is 0.339 e. The molecule has 1 heterocycles. The van der Waals surface area contributed by atoms with E-state index in [1.807, 2.05) is 0 Å². The SMILES string of the molecule is CC(C)C(C(C)C)C(N)c1noc(C(C)(C)C)n1. The molecule has 1 aromatic rings. The van der Waals surface area contributed by atoms with Gasteiger partial charge in [-0.1, -0.05) is 53.6 Å². The lowest BCUT2D eigenvalue weighted by Gasteiger charge is -2.28. The van der Waals surface area contributed by atoms with Gasteiger partial charge in [0.15, 0.2) is 5.82 Å². The van der Waals surface area contributed by atoms with Gasteiger partial charge in [-0.05, 0) is 17.8 Å². The Balaban J connectivity index is 2.96. The summed E-state index contributed by atoms with van der Waals surface area (Å²) in [5.74, 6) is 2.63. The molecule has 0 fully saturated rings. The van der Waals surface area contributed by atoms with Crippen LogP contribution in [0.25, 0.3) is 0 Å². The minimum Gasteiger partial charge on any atom is -0.339 e. The number of hydrogen-bond donors (Lipinski definition) is 1. The van der Waals surface area contributed by atoms with E-state index < -0.39 is 0 Å². The van der Waals surface area contributed by atoms with Gasteiger partial charge in [-0.25, -0.2) is 0 Å². The first kappa shape index (κ1) is 15.2. The maximum absolute atomic E-state index is 6.31. The second kappa shape index (κ2) is 5.39. The minimum atomic E-state index is -0.162. The smallest absolute Gasteiger partial charge is 0.232 e. The lowest BCUT2D eigenvalue weighted by Crippen LogP contribution is -2.30. The van der Waals surface area contributed by atoms with Crippen molar-refractivity contribution in [1.29, 1.82) is 0 Å². The van der Waals surface area contributed by atoms with Crippen LogP contribution in [0.3, 0.4) is 0 Å². The van der Waals surface area contributed by atoms with Crippen molar-refractivity contribution in [2.75, 3.05) is 0 Å². The van der Waals surface area contributed by atoms with E-state index in [-0.39, 0.29) is 11.5 Å². The Hall–Kier alpha value is -0.900. The maximum atomic E-state index is 6.31. The van der Waals surface area contributed by atoms with Gasteiger partial charge in [-0.2, -0.15) is 4.98 Å². The van der Waals surface area contributed by atoms with Gasteiger partial charge in [0.05, 0.1) is 6.04 Å². The summed E-state index contributed by atoms with van der Waals surface area (Å²) in [5, 5.41) is 4.06. The van der Waals surface area contributed by atoms with Crippen molar-refractivity contribution in [2.24, 2.45) is 23.5 Å². The molecule has 104 valence electrons. The predicted molar refractivity (Wildman–Crippen MR) is 73.1 cm³/mol. The van der Waals surface area contributed by atoms with Crippen LogP contribution in [0.1, 0.15) is 66.2 Å². The van der Waals surface area contributed by atoms with Crippen LogP contribution < -0.4 is 5.73 Å². The van der Waals surface area contributed by atoms with E-state index in [4.69, 9.17) is 10.3 Å². The van der Waals surface area contributed by atoms with Gasteiger partial charge >= 0.3 is 0 Å². The highest BCUT2D eigenvalue weighted by molar-refractivity contribution is 5.02. The molecule has 1 rings (SSSR count). The van der Waals surface area contributed by atoms with Crippen LogP contribution in [-0.2, 0) is 5.41 Å². The van der Waals surface area contributed by atoms with Gasteiger partial charge in [0, 0.05) is 5.41 Å². The molecule has 0 aliphatic carbocycles. The zero-order valence-corrected chi connectivity index (χ0v) is 12.7. The molecule has 0 aliphatic rings. The average Bonchev–Trinajstić information content (AvgIpc) is 2.63. The molecule has 0 aliphatic heterocycles. The fraction of sp³-hybridized carbons (Fsp3) is 0.857. The van der Waals surface area contributed by atoms with Crippen molar-refractivity contribution in [3.63, 3.8) is 0 Å².